The Bertz CT molecular complexity index is 643. The fourth-order valence-electron chi connectivity index (χ4n) is 3.70. The zero-order valence-corrected chi connectivity index (χ0v) is 14.8. The minimum absolute atomic E-state index is 0.00119. The van der Waals surface area contributed by atoms with Gasteiger partial charge in [-0.1, -0.05) is 37.1 Å². The second-order valence-electron chi connectivity index (χ2n) is 7.06. The highest BCUT2D eigenvalue weighted by Gasteiger charge is 2.42. The Labute approximate surface area is 144 Å². The summed E-state index contributed by atoms with van der Waals surface area (Å²) in [6.07, 6.45) is 1.62. The van der Waals surface area contributed by atoms with Crippen LogP contribution in [0.4, 0.5) is 0 Å². The van der Waals surface area contributed by atoms with Crippen LogP contribution in [0.2, 0.25) is 0 Å². The molecular weight excluding hydrogens is 302 g/mol. The number of piperazine rings is 2. The van der Waals surface area contributed by atoms with E-state index >= 15 is 0 Å². The first-order valence-corrected chi connectivity index (χ1v) is 8.89. The first kappa shape index (κ1) is 17.0. The minimum atomic E-state index is -0.343. The lowest BCUT2D eigenvalue weighted by Gasteiger charge is -2.45. The van der Waals surface area contributed by atoms with Crippen LogP contribution < -0.4 is 5.32 Å². The van der Waals surface area contributed by atoms with Gasteiger partial charge in [0.25, 0.3) is 0 Å². The molecule has 0 unspecified atom stereocenters. The summed E-state index contributed by atoms with van der Waals surface area (Å²) in [4.78, 5) is 29.1. The summed E-state index contributed by atoms with van der Waals surface area (Å²) in [5.41, 5.74) is 3.83. The highest BCUT2D eigenvalue weighted by Crippen LogP contribution is 2.21. The summed E-state index contributed by atoms with van der Waals surface area (Å²) in [5, 5.41) is 2.91. The molecule has 5 nitrogen and oxygen atoms in total. The van der Waals surface area contributed by atoms with Gasteiger partial charge in [0.15, 0.2) is 0 Å². The van der Waals surface area contributed by atoms with Crippen molar-refractivity contribution >= 4 is 11.8 Å². The van der Waals surface area contributed by atoms with Gasteiger partial charge >= 0.3 is 0 Å². The number of rotatable bonds is 4. The average Bonchev–Trinajstić information content (AvgIpc) is 2.56. The van der Waals surface area contributed by atoms with E-state index in [0.717, 1.165) is 25.9 Å². The van der Waals surface area contributed by atoms with Crippen molar-refractivity contribution in [1.29, 1.82) is 0 Å². The van der Waals surface area contributed by atoms with E-state index in [-0.39, 0.29) is 23.9 Å². The molecule has 0 spiro atoms. The number of hydrogen-bond acceptors (Lipinski definition) is 3. The summed E-state index contributed by atoms with van der Waals surface area (Å²) in [5.74, 6) is 0.0894. The van der Waals surface area contributed by atoms with E-state index < -0.39 is 0 Å². The molecule has 3 rings (SSSR count). The lowest BCUT2D eigenvalue weighted by atomic mass is 10.00. The molecule has 2 fully saturated rings. The maximum Gasteiger partial charge on any atom is 0.245 e. The van der Waals surface area contributed by atoms with E-state index in [4.69, 9.17) is 0 Å². The third-order valence-electron chi connectivity index (χ3n) is 5.14. The molecule has 2 atom stereocenters. The maximum absolute atomic E-state index is 12.6. The molecule has 2 amide bonds. The molecule has 1 aromatic rings. The van der Waals surface area contributed by atoms with Crippen LogP contribution in [-0.4, -0.2) is 53.3 Å². The summed E-state index contributed by atoms with van der Waals surface area (Å²) in [7, 11) is 0. The molecule has 0 bridgehead atoms. The number of aryl methyl sites for hydroxylation is 2. The zero-order chi connectivity index (χ0) is 17.3. The number of carbonyl (C=O) groups is 2. The van der Waals surface area contributed by atoms with Crippen molar-refractivity contribution < 1.29 is 9.59 Å². The van der Waals surface area contributed by atoms with Crippen molar-refractivity contribution in [3.63, 3.8) is 0 Å². The Balaban J connectivity index is 1.69. The number of nitrogens with one attached hydrogen (secondary N) is 1. The molecule has 1 N–H and O–H groups in total. The molecule has 5 heteroatoms. The predicted octanol–water partition coefficient (Wildman–Crippen LogP) is 1.61. The summed E-state index contributed by atoms with van der Waals surface area (Å²) < 4.78 is 0. The Morgan fingerprint density at radius 1 is 1.21 bits per heavy atom. The summed E-state index contributed by atoms with van der Waals surface area (Å²) in [6, 6.07) is 5.81. The average molecular weight is 329 g/mol. The van der Waals surface area contributed by atoms with Crippen molar-refractivity contribution in [3.05, 3.63) is 34.9 Å². The van der Waals surface area contributed by atoms with Crippen molar-refractivity contribution in [2.45, 2.75) is 52.2 Å². The summed E-state index contributed by atoms with van der Waals surface area (Å²) >= 11 is 0. The number of hydrogen-bond donors (Lipinski definition) is 1. The Kier molecular flexibility index (Phi) is 4.90. The number of carbonyl (C=O) groups excluding carboxylic acids is 2. The second-order valence-corrected chi connectivity index (χ2v) is 7.06. The van der Waals surface area contributed by atoms with E-state index in [1.165, 1.54) is 16.7 Å². The van der Waals surface area contributed by atoms with Gasteiger partial charge in [-0.15, -0.1) is 0 Å². The minimum Gasteiger partial charge on any atom is -0.342 e. The normalized spacial score (nSPS) is 24.7. The smallest absolute Gasteiger partial charge is 0.245 e. The number of fused-ring (bicyclic) bond motifs is 1. The van der Waals surface area contributed by atoms with Crippen molar-refractivity contribution in [1.82, 2.24) is 15.1 Å². The topological polar surface area (TPSA) is 52.7 Å². The van der Waals surface area contributed by atoms with Crippen LogP contribution in [-0.2, 0) is 16.1 Å². The van der Waals surface area contributed by atoms with Gasteiger partial charge < -0.3 is 10.2 Å². The lowest BCUT2D eigenvalue weighted by Crippen LogP contribution is -2.69. The monoisotopic (exact) mass is 329 g/mol. The van der Waals surface area contributed by atoms with Gasteiger partial charge in [-0.25, -0.2) is 0 Å². The van der Waals surface area contributed by atoms with Gasteiger partial charge in [0, 0.05) is 26.2 Å². The molecule has 24 heavy (non-hydrogen) atoms. The first-order chi connectivity index (χ1) is 11.5. The van der Waals surface area contributed by atoms with Gasteiger partial charge in [-0.05, 0) is 31.4 Å². The molecule has 1 aromatic carbocycles. The van der Waals surface area contributed by atoms with Crippen LogP contribution in [0, 0.1) is 13.8 Å². The highest BCUT2D eigenvalue weighted by atomic mass is 16.2. The van der Waals surface area contributed by atoms with Crippen LogP contribution in [0.3, 0.4) is 0 Å². The first-order valence-electron chi connectivity index (χ1n) is 8.89. The van der Waals surface area contributed by atoms with Crippen LogP contribution in [0.15, 0.2) is 18.2 Å². The zero-order valence-electron chi connectivity index (χ0n) is 14.8. The van der Waals surface area contributed by atoms with Crippen LogP contribution >= 0.6 is 0 Å². The van der Waals surface area contributed by atoms with Gasteiger partial charge in [0.1, 0.15) is 12.1 Å². The fraction of sp³-hybridized carbons (Fsp3) is 0.579. The van der Waals surface area contributed by atoms with Crippen LogP contribution in [0.1, 0.15) is 36.5 Å². The number of nitrogens with zero attached hydrogens (tertiary/aromatic N) is 2. The van der Waals surface area contributed by atoms with Crippen molar-refractivity contribution in [2.24, 2.45) is 0 Å². The van der Waals surface area contributed by atoms with Gasteiger partial charge in [0.05, 0.1) is 0 Å². The standard InChI is InChI=1S/C19H27N3O2/c1-4-5-16-19(24)22-9-8-21(12-17(22)18(23)20-16)11-15-10-13(2)6-7-14(15)3/h6-7,10,16-17H,4-5,8-9,11-12H2,1-3H3,(H,20,23)/t16-,17+/m0/s1. The van der Waals surface area contributed by atoms with Gasteiger partial charge in [-0.3, -0.25) is 14.5 Å². The largest absolute Gasteiger partial charge is 0.342 e. The third-order valence-corrected chi connectivity index (χ3v) is 5.14. The predicted molar refractivity (Wildman–Crippen MR) is 93.5 cm³/mol. The van der Waals surface area contributed by atoms with Crippen molar-refractivity contribution in [3.8, 4) is 0 Å². The van der Waals surface area contributed by atoms with Crippen molar-refractivity contribution in [2.75, 3.05) is 19.6 Å². The van der Waals surface area contributed by atoms with E-state index in [2.05, 4.69) is 42.3 Å². The lowest BCUT2D eigenvalue weighted by molar-refractivity contribution is -0.153. The molecule has 0 aliphatic carbocycles. The fourth-order valence-corrected chi connectivity index (χ4v) is 3.70. The Morgan fingerprint density at radius 3 is 2.75 bits per heavy atom. The van der Waals surface area contributed by atoms with E-state index in [1.807, 2.05) is 6.92 Å². The van der Waals surface area contributed by atoms with E-state index in [1.54, 1.807) is 4.90 Å². The molecule has 2 heterocycles. The Hall–Kier alpha value is -1.88. The quantitative estimate of drug-likeness (QED) is 0.913. The molecule has 2 aliphatic heterocycles. The molecule has 0 radical (unpaired) electrons. The molecule has 2 aliphatic rings. The highest BCUT2D eigenvalue weighted by molar-refractivity contribution is 5.97. The number of amides is 2. The molecule has 0 saturated carbocycles. The van der Waals surface area contributed by atoms with Gasteiger partial charge in [-0.2, -0.15) is 0 Å². The third kappa shape index (κ3) is 3.31. The molecule has 130 valence electrons. The molecule has 0 aromatic heterocycles. The molecular formula is C19H27N3O2. The second kappa shape index (κ2) is 6.93. The SMILES string of the molecule is CCC[C@@H]1NC(=O)[C@H]2CN(Cc3cc(C)ccc3C)CCN2C1=O. The Morgan fingerprint density at radius 2 is 2.00 bits per heavy atom. The van der Waals surface area contributed by atoms with Gasteiger partial charge in [0.2, 0.25) is 11.8 Å². The summed E-state index contributed by atoms with van der Waals surface area (Å²) in [6.45, 7) is 9.16. The van der Waals surface area contributed by atoms with Crippen LogP contribution in [0.25, 0.3) is 0 Å². The maximum atomic E-state index is 12.6. The van der Waals surface area contributed by atoms with E-state index in [9.17, 15) is 9.59 Å². The molecule has 2 saturated heterocycles. The number of benzene rings is 1. The van der Waals surface area contributed by atoms with E-state index in [0.29, 0.717) is 13.1 Å². The van der Waals surface area contributed by atoms with Crippen LogP contribution in [0.5, 0.6) is 0 Å².